The summed E-state index contributed by atoms with van der Waals surface area (Å²) in [5.41, 5.74) is 1.29. The second-order valence-electron chi connectivity index (χ2n) is 6.38. The first-order valence-corrected chi connectivity index (χ1v) is 10.5. The molecule has 0 saturated heterocycles. The molecule has 3 rings (SSSR count). The minimum absolute atomic E-state index is 0.00103. The fourth-order valence-corrected chi connectivity index (χ4v) is 4.32. The molecular formula is C21H18ClFN2O3S. The van der Waals surface area contributed by atoms with Crippen LogP contribution in [0.3, 0.4) is 0 Å². The van der Waals surface area contributed by atoms with Gasteiger partial charge in [-0.2, -0.15) is 0 Å². The molecule has 0 radical (unpaired) electrons. The van der Waals surface area contributed by atoms with E-state index in [1.807, 2.05) is 0 Å². The van der Waals surface area contributed by atoms with Gasteiger partial charge in [0, 0.05) is 5.69 Å². The summed E-state index contributed by atoms with van der Waals surface area (Å²) in [5.74, 6) is -0.930. The number of para-hydroxylation sites is 1. The molecular weight excluding hydrogens is 415 g/mol. The van der Waals surface area contributed by atoms with Crippen LogP contribution in [0.15, 0.2) is 71.6 Å². The lowest BCUT2D eigenvalue weighted by Crippen LogP contribution is -2.17. The molecule has 0 bridgehead atoms. The summed E-state index contributed by atoms with van der Waals surface area (Å²) in [6.45, 7) is 1.64. The van der Waals surface area contributed by atoms with Crippen LogP contribution in [0.1, 0.15) is 11.1 Å². The number of nitrogens with one attached hydrogen (secondary N) is 2. The molecule has 1 amide bonds. The predicted octanol–water partition coefficient (Wildman–Crippen LogP) is 4.77. The molecule has 0 heterocycles. The number of amides is 1. The first kappa shape index (κ1) is 20.8. The lowest BCUT2D eigenvalue weighted by Gasteiger charge is -2.13. The molecule has 0 unspecified atom stereocenters. The molecule has 5 nitrogen and oxygen atoms in total. The van der Waals surface area contributed by atoms with Gasteiger partial charge in [0.15, 0.2) is 0 Å². The monoisotopic (exact) mass is 432 g/mol. The third-order valence-corrected chi connectivity index (χ3v) is 6.03. The summed E-state index contributed by atoms with van der Waals surface area (Å²) in [6.07, 6.45) is -0.166. The van der Waals surface area contributed by atoms with Gasteiger partial charge in [-0.3, -0.25) is 9.52 Å². The van der Waals surface area contributed by atoms with E-state index < -0.39 is 21.7 Å². The lowest BCUT2D eigenvalue weighted by atomic mass is 10.1. The molecule has 0 aliphatic heterocycles. The van der Waals surface area contributed by atoms with E-state index in [-0.39, 0.29) is 33.3 Å². The highest BCUT2D eigenvalue weighted by Gasteiger charge is 2.19. The Kier molecular flexibility index (Phi) is 6.20. The number of hydrogen-bond donors (Lipinski definition) is 2. The maximum atomic E-state index is 13.7. The third-order valence-electron chi connectivity index (χ3n) is 4.19. The maximum Gasteiger partial charge on any atom is 0.262 e. The quantitative estimate of drug-likeness (QED) is 0.589. The Morgan fingerprint density at radius 3 is 2.45 bits per heavy atom. The second kappa shape index (κ2) is 8.63. The van der Waals surface area contributed by atoms with E-state index in [0.717, 1.165) is 0 Å². The van der Waals surface area contributed by atoms with Gasteiger partial charge in [0.1, 0.15) is 5.82 Å². The fourth-order valence-electron chi connectivity index (χ4n) is 2.73. The van der Waals surface area contributed by atoms with Crippen LogP contribution in [0, 0.1) is 12.7 Å². The molecule has 2 N–H and O–H groups in total. The van der Waals surface area contributed by atoms with E-state index in [1.165, 1.54) is 18.2 Å². The fraction of sp³-hybridized carbons (Fsp3) is 0.0952. The normalized spacial score (nSPS) is 11.1. The molecule has 0 aliphatic carbocycles. The summed E-state index contributed by atoms with van der Waals surface area (Å²) in [7, 11) is -3.94. The van der Waals surface area contributed by atoms with Crippen LogP contribution in [-0.4, -0.2) is 14.3 Å². The van der Waals surface area contributed by atoms with Crippen LogP contribution >= 0.6 is 11.6 Å². The molecule has 0 spiro atoms. The molecule has 3 aromatic carbocycles. The smallest absolute Gasteiger partial charge is 0.262 e. The SMILES string of the molecule is Cc1ccc(NC(=O)Cc2ccccc2F)cc1S(=O)(=O)Nc1ccccc1Cl. The summed E-state index contributed by atoms with van der Waals surface area (Å²) in [6, 6.07) is 17.0. The highest BCUT2D eigenvalue weighted by molar-refractivity contribution is 7.92. The van der Waals surface area contributed by atoms with Gasteiger partial charge >= 0.3 is 0 Å². The van der Waals surface area contributed by atoms with Crippen molar-refractivity contribution >= 4 is 38.9 Å². The zero-order chi connectivity index (χ0) is 21.0. The van der Waals surface area contributed by atoms with E-state index >= 15 is 0 Å². The molecule has 0 aliphatic rings. The lowest BCUT2D eigenvalue weighted by molar-refractivity contribution is -0.115. The van der Waals surface area contributed by atoms with Crippen molar-refractivity contribution in [3.05, 3.63) is 88.7 Å². The third kappa shape index (κ3) is 5.13. The van der Waals surface area contributed by atoms with Crippen molar-refractivity contribution in [3.8, 4) is 0 Å². The van der Waals surface area contributed by atoms with Gasteiger partial charge in [0.25, 0.3) is 10.0 Å². The minimum atomic E-state index is -3.94. The number of anilines is 2. The van der Waals surface area contributed by atoms with E-state index in [9.17, 15) is 17.6 Å². The van der Waals surface area contributed by atoms with Crippen molar-refractivity contribution in [3.63, 3.8) is 0 Å². The van der Waals surface area contributed by atoms with Crippen molar-refractivity contribution < 1.29 is 17.6 Å². The van der Waals surface area contributed by atoms with Crippen LogP contribution < -0.4 is 10.0 Å². The molecule has 0 saturated carbocycles. The van der Waals surface area contributed by atoms with E-state index in [2.05, 4.69) is 10.0 Å². The van der Waals surface area contributed by atoms with Gasteiger partial charge in [0.05, 0.1) is 22.0 Å². The van der Waals surface area contributed by atoms with Crippen LogP contribution in [0.25, 0.3) is 0 Å². The highest BCUT2D eigenvalue weighted by Crippen LogP contribution is 2.27. The Morgan fingerprint density at radius 2 is 1.72 bits per heavy atom. The standard InChI is InChI=1S/C21H18ClFN2O3S/c1-14-10-11-16(24-21(26)12-15-6-2-4-8-18(15)23)13-20(14)29(27,28)25-19-9-5-3-7-17(19)22/h2-11,13,25H,12H2,1H3,(H,24,26). The van der Waals surface area contributed by atoms with Crippen molar-refractivity contribution in [1.82, 2.24) is 0 Å². The van der Waals surface area contributed by atoms with E-state index in [0.29, 0.717) is 5.56 Å². The molecule has 29 heavy (non-hydrogen) atoms. The van der Waals surface area contributed by atoms with Gasteiger partial charge < -0.3 is 5.32 Å². The zero-order valence-corrected chi connectivity index (χ0v) is 17.0. The van der Waals surface area contributed by atoms with Crippen molar-refractivity contribution in [2.75, 3.05) is 10.0 Å². The Hall–Kier alpha value is -2.90. The van der Waals surface area contributed by atoms with Gasteiger partial charge in [-0.05, 0) is 48.4 Å². The number of benzene rings is 3. The van der Waals surface area contributed by atoms with Crippen molar-refractivity contribution in [2.45, 2.75) is 18.2 Å². The molecule has 150 valence electrons. The summed E-state index contributed by atoms with van der Waals surface area (Å²) in [4.78, 5) is 12.3. The maximum absolute atomic E-state index is 13.7. The number of aryl methyl sites for hydroxylation is 1. The van der Waals surface area contributed by atoms with E-state index in [1.54, 1.807) is 55.5 Å². The number of rotatable bonds is 6. The average molecular weight is 433 g/mol. The van der Waals surface area contributed by atoms with Gasteiger partial charge in [-0.1, -0.05) is 48.0 Å². The number of carbonyl (C=O) groups is 1. The largest absolute Gasteiger partial charge is 0.326 e. The van der Waals surface area contributed by atoms with Crippen LogP contribution in [-0.2, 0) is 21.2 Å². The van der Waals surface area contributed by atoms with Crippen LogP contribution in [0.2, 0.25) is 5.02 Å². The number of sulfonamides is 1. The number of carbonyl (C=O) groups excluding carboxylic acids is 1. The molecule has 0 aromatic heterocycles. The summed E-state index contributed by atoms with van der Waals surface area (Å²) < 4.78 is 41.8. The summed E-state index contributed by atoms with van der Waals surface area (Å²) in [5, 5.41) is 2.88. The summed E-state index contributed by atoms with van der Waals surface area (Å²) >= 11 is 6.03. The highest BCUT2D eigenvalue weighted by atomic mass is 35.5. The Balaban J connectivity index is 1.81. The Labute approximate surface area is 173 Å². The van der Waals surface area contributed by atoms with Crippen molar-refractivity contribution in [1.29, 1.82) is 0 Å². The Morgan fingerprint density at radius 1 is 1.03 bits per heavy atom. The molecule has 0 fully saturated rings. The van der Waals surface area contributed by atoms with E-state index in [4.69, 9.17) is 11.6 Å². The number of hydrogen-bond acceptors (Lipinski definition) is 3. The Bertz CT molecular complexity index is 1170. The zero-order valence-electron chi connectivity index (χ0n) is 15.4. The van der Waals surface area contributed by atoms with Gasteiger partial charge in [0.2, 0.25) is 5.91 Å². The molecule has 0 atom stereocenters. The molecule has 3 aromatic rings. The van der Waals surface area contributed by atoms with Crippen LogP contribution in [0.4, 0.5) is 15.8 Å². The average Bonchev–Trinajstić information content (AvgIpc) is 2.67. The van der Waals surface area contributed by atoms with Crippen molar-refractivity contribution in [2.24, 2.45) is 0 Å². The van der Waals surface area contributed by atoms with Gasteiger partial charge in [-0.25, -0.2) is 12.8 Å². The first-order valence-electron chi connectivity index (χ1n) is 8.67. The second-order valence-corrected chi connectivity index (χ2v) is 8.44. The first-order chi connectivity index (χ1) is 13.8. The molecule has 8 heteroatoms. The van der Waals surface area contributed by atoms with Crippen LogP contribution in [0.5, 0.6) is 0 Å². The minimum Gasteiger partial charge on any atom is -0.326 e. The topological polar surface area (TPSA) is 75.3 Å². The van der Waals surface area contributed by atoms with Gasteiger partial charge in [-0.15, -0.1) is 0 Å². The predicted molar refractivity (Wildman–Crippen MR) is 112 cm³/mol. The number of halogens is 2.